The fraction of sp³-hybridized carbons (Fsp3) is 0.800. The van der Waals surface area contributed by atoms with Gasteiger partial charge in [-0.3, -0.25) is 14.9 Å². The summed E-state index contributed by atoms with van der Waals surface area (Å²) in [7, 11) is 0. The average molecular weight is 280 g/mol. The van der Waals surface area contributed by atoms with Gasteiger partial charge in [-0.1, -0.05) is 13.8 Å². The van der Waals surface area contributed by atoms with Gasteiger partial charge in [0, 0.05) is 50.7 Å². The van der Waals surface area contributed by atoms with E-state index >= 15 is 0 Å². The molecule has 20 heavy (non-hydrogen) atoms. The van der Waals surface area contributed by atoms with E-state index in [2.05, 4.69) is 33.8 Å². The standard InChI is InChI=1S/C15H28N4O/c1-13(2)4-7-19-9-8-18(12-15(19)5-10-20)11-14-3-6-16-17-14/h3,6,13,15,20H,4-5,7-12H2,1-2H3,(H,16,17). The highest BCUT2D eigenvalue weighted by atomic mass is 16.3. The minimum absolute atomic E-state index is 0.279. The zero-order valence-corrected chi connectivity index (χ0v) is 12.8. The van der Waals surface area contributed by atoms with E-state index in [0.717, 1.165) is 45.1 Å². The number of hydrogen-bond donors (Lipinski definition) is 2. The van der Waals surface area contributed by atoms with E-state index in [4.69, 9.17) is 0 Å². The van der Waals surface area contributed by atoms with Gasteiger partial charge in [0.15, 0.2) is 0 Å². The van der Waals surface area contributed by atoms with Gasteiger partial charge >= 0.3 is 0 Å². The zero-order valence-electron chi connectivity index (χ0n) is 12.8. The molecule has 5 nitrogen and oxygen atoms in total. The fourth-order valence-electron chi connectivity index (χ4n) is 2.86. The molecule has 1 aliphatic heterocycles. The molecule has 0 amide bonds. The predicted molar refractivity (Wildman–Crippen MR) is 80.4 cm³/mol. The Bertz CT molecular complexity index is 366. The molecule has 1 saturated heterocycles. The maximum Gasteiger partial charge on any atom is 0.0492 e. The second kappa shape index (κ2) is 7.76. The first-order valence-electron chi connectivity index (χ1n) is 7.74. The molecule has 2 rings (SSSR count). The van der Waals surface area contributed by atoms with Crippen LogP contribution < -0.4 is 0 Å². The van der Waals surface area contributed by atoms with Gasteiger partial charge in [0.1, 0.15) is 0 Å². The quantitative estimate of drug-likeness (QED) is 0.791. The van der Waals surface area contributed by atoms with Crippen LogP contribution in [0.5, 0.6) is 0 Å². The first-order valence-corrected chi connectivity index (χ1v) is 7.74. The van der Waals surface area contributed by atoms with Crippen molar-refractivity contribution in [3.05, 3.63) is 18.0 Å². The fourth-order valence-corrected chi connectivity index (χ4v) is 2.86. The number of nitrogens with zero attached hydrogens (tertiary/aromatic N) is 3. The van der Waals surface area contributed by atoms with Crippen molar-refractivity contribution in [1.82, 2.24) is 20.0 Å². The van der Waals surface area contributed by atoms with Crippen molar-refractivity contribution in [2.24, 2.45) is 5.92 Å². The van der Waals surface area contributed by atoms with Crippen molar-refractivity contribution in [2.75, 3.05) is 32.8 Å². The molecule has 1 aliphatic rings. The summed E-state index contributed by atoms with van der Waals surface area (Å²) in [6, 6.07) is 2.52. The first kappa shape index (κ1) is 15.5. The molecule has 114 valence electrons. The minimum atomic E-state index is 0.279. The first-order chi connectivity index (χ1) is 9.69. The van der Waals surface area contributed by atoms with E-state index in [-0.39, 0.29) is 6.61 Å². The van der Waals surface area contributed by atoms with Crippen molar-refractivity contribution >= 4 is 0 Å². The molecule has 0 radical (unpaired) electrons. The number of aliphatic hydroxyl groups is 1. The van der Waals surface area contributed by atoms with Crippen molar-refractivity contribution in [1.29, 1.82) is 0 Å². The lowest BCUT2D eigenvalue weighted by Crippen LogP contribution is -2.53. The van der Waals surface area contributed by atoms with Crippen molar-refractivity contribution in [2.45, 2.75) is 39.3 Å². The summed E-state index contributed by atoms with van der Waals surface area (Å²) >= 11 is 0. The van der Waals surface area contributed by atoms with Crippen LogP contribution in [0.3, 0.4) is 0 Å². The monoisotopic (exact) mass is 280 g/mol. The third-order valence-electron chi connectivity index (χ3n) is 4.10. The second-order valence-corrected chi connectivity index (χ2v) is 6.20. The Morgan fingerprint density at radius 1 is 1.45 bits per heavy atom. The van der Waals surface area contributed by atoms with Crippen LogP contribution >= 0.6 is 0 Å². The maximum atomic E-state index is 9.30. The number of H-pyrrole nitrogens is 1. The number of nitrogens with one attached hydrogen (secondary N) is 1. The van der Waals surface area contributed by atoms with Gasteiger partial charge in [-0.2, -0.15) is 5.10 Å². The Labute approximate surface area is 122 Å². The van der Waals surface area contributed by atoms with Crippen LogP contribution in [-0.2, 0) is 6.54 Å². The van der Waals surface area contributed by atoms with E-state index in [1.165, 1.54) is 12.1 Å². The Kier molecular flexibility index (Phi) is 6.01. The molecule has 1 aromatic heterocycles. The van der Waals surface area contributed by atoms with E-state index in [0.29, 0.717) is 6.04 Å². The van der Waals surface area contributed by atoms with Gasteiger partial charge in [-0.15, -0.1) is 0 Å². The van der Waals surface area contributed by atoms with E-state index < -0.39 is 0 Å². The summed E-state index contributed by atoms with van der Waals surface area (Å²) in [6.45, 7) is 10.1. The summed E-state index contributed by atoms with van der Waals surface area (Å²) in [5.74, 6) is 0.743. The molecule has 1 unspecified atom stereocenters. The van der Waals surface area contributed by atoms with Crippen LogP contribution in [0.25, 0.3) is 0 Å². The summed E-state index contributed by atoms with van der Waals surface area (Å²) in [5, 5.41) is 16.3. The molecule has 1 fully saturated rings. The van der Waals surface area contributed by atoms with Crippen molar-refractivity contribution < 1.29 is 5.11 Å². The molecule has 0 aliphatic carbocycles. The van der Waals surface area contributed by atoms with Crippen molar-refractivity contribution in [3.8, 4) is 0 Å². The molecule has 2 heterocycles. The van der Waals surface area contributed by atoms with Crippen LogP contribution in [0, 0.1) is 5.92 Å². The van der Waals surface area contributed by atoms with E-state index in [1.54, 1.807) is 6.20 Å². The molecule has 1 aromatic rings. The maximum absolute atomic E-state index is 9.30. The highest BCUT2D eigenvalue weighted by Gasteiger charge is 2.26. The average Bonchev–Trinajstić information content (AvgIpc) is 2.91. The summed E-state index contributed by atoms with van der Waals surface area (Å²) < 4.78 is 0. The van der Waals surface area contributed by atoms with Crippen LogP contribution in [0.4, 0.5) is 0 Å². The molecule has 1 atom stereocenters. The molecule has 0 bridgehead atoms. The van der Waals surface area contributed by atoms with E-state index in [1.807, 2.05) is 6.07 Å². The third-order valence-corrected chi connectivity index (χ3v) is 4.10. The topological polar surface area (TPSA) is 55.4 Å². The number of aromatic nitrogens is 2. The van der Waals surface area contributed by atoms with Crippen LogP contribution in [-0.4, -0.2) is 63.9 Å². The zero-order chi connectivity index (χ0) is 14.4. The normalized spacial score (nSPS) is 21.7. The number of hydrogen-bond acceptors (Lipinski definition) is 4. The smallest absolute Gasteiger partial charge is 0.0492 e. The summed E-state index contributed by atoms with van der Waals surface area (Å²) in [4.78, 5) is 5.01. The Morgan fingerprint density at radius 3 is 2.95 bits per heavy atom. The van der Waals surface area contributed by atoms with Crippen molar-refractivity contribution in [3.63, 3.8) is 0 Å². The molecular formula is C15H28N4O. The van der Waals surface area contributed by atoms with Gasteiger partial charge in [-0.05, 0) is 31.4 Å². The van der Waals surface area contributed by atoms with E-state index in [9.17, 15) is 5.11 Å². The third kappa shape index (κ3) is 4.58. The minimum Gasteiger partial charge on any atom is -0.396 e. The van der Waals surface area contributed by atoms with Crippen LogP contribution in [0.2, 0.25) is 0 Å². The summed E-state index contributed by atoms with van der Waals surface area (Å²) in [6.07, 6.45) is 3.92. The number of aliphatic hydroxyl groups excluding tert-OH is 1. The molecule has 0 spiro atoms. The number of aromatic amines is 1. The SMILES string of the molecule is CC(C)CCN1CCN(Cc2ccn[nH]2)CC1CCO. The van der Waals surface area contributed by atoms with Gasteiger partial charge in [0.05, 0.1) is 0 Å². The lowest BCUT2D eigenvalue weighted by molar-refractivity contribution is 0.0518. The largest absolute Gasteiger partial charge is 0.396 e. The molecule has 0 aromatic carbocycles. The molecule has 5 heteroatoms. The van der Waals surface area contributed by atoms with Gasteiger partial charge in [-0.25, -0.2) is 0 Å². The molecular weight excluding hydrogens is 252 g/mol. The number of piperazine rings is 1. The highest BCUT2D eigenvalue weighted by Crippen LogP contribution is 2.16. The molecule has 0 saturated carbocycles. The second-order valence-electron chi connectivity index (χ2n) is 6.20. The van der Waals surface area contributed by atoms with Gasteiger partial charge in [0.25, 0.3) is 0 Å². The molecule has 2 N–H and O–H groups in total. The predicted octanol–water partition coefficient (Wildman–Crippen LogP) is 1.32. The lowest BCUT2D eigenvalue weighted by atomic mass is 10.1. The number of rotatable bonds is 7. The Morgan fingerprint density at radius 2 is 2.30 bits per heavy atom. The van der Waals surface area contributed by atoms with Crippen LogP contribution in [0.15, 0.2) is 12.3 Å². The lowest BCUT2D eigenvalue weighted by Gasteiger charge is -2.41. The van der Waals surface area contributed by atoms with Crippen LogP contribution in [0.1, 0.15) is 32.4 Å². The Balaban J connectivity index is 1.86. The highest BCUT2D eigenvalue weighted by molar-refractivity contribution is 4.98. The van der Waals surface area contributed by atoms with Gasteiger partial charge < -0.3 is 5.11 Å². The summed E-state index contributed by atoms with van der Waals surface area (Å²) in [5.41, 5.74) is 1.17. The van der Waals surface area contributed by atoms with Gasteiger partial charge in [0.2, 0.25) is 0 Å². The Hall–Kier alpha value is -0.910.